The molecule has 0 aliphatic heterocycles. The van der Waals surface area contributed by atoms with E-state index in [9.17, 15) is 23.1 Å². The van der Waals surface area contributed by atoms with E-state index in [1.165, 1.54) is 13.8 Å². The van der Waals surface area contributed by atoms with Gasteiger partial charge in [0.25, 0.3) is 0 Å². The topological polar surface area (TPSA) is 40.5 Å². The highest BCUT2D eigenvalue weighted by atomic mass is 19.4. The van der Waals surface area contributed by atoms with E-state index in [1.54, 1.807) is 6.92 Å². The summed E-state index contributed by atoms with van der Waals surface area (Å²) < 4.78 is 35.8. The second kappa shape index (κ2) is 4.83. The molecular formula is C9H16F3NO2. The lowest BCUT2D eigenvalue weighted by Gasteiger charge is -2.28. The fraction of sp³-hybridized carbons (Fsp3) is 0.889. The molecule has 0 unspecified atom stereocenters. The van der Waals surface area contributed by atoms with Crippen molar-refractivity contribution in [3.8, 4) is 0 Å². The summed E-state index contributed by atoms with van der Waals surface area (Å²) in [6.45, 7) is 4.50. The molecule has 0 saturated heterocycles. The predicted molar refractivity (Wildman–Crippen MR) is 49.2 cm³/mol. The lowest BCUT2D eigenvalue weighted by atomic mass is 10.1. The minimum atomic E-state index is -4.50. The lowest BCUT2D eigenvalue weighted by molar-refractivity contribution is -0.163. The summed E-state index contributed by atoms with van der Waals surface area (Å²) in [6.07, 6.45) is -5.97. The van der Waals surface area contributed by atoms with Crippen molar-refractivity contribution in [3.05, 3.63) is 0 Å². The van der Waals surface area contributed by atoms with Crippen LogP contribution in [-0.2, 0) is 4.79 Å². The van der Waals surface area contributed by atoms with Crippen LogP contribution in [0.4, 0.5) is 13.2 Å². The fourth-order valence-electron chi connectivity index (χ4n) is 1.13. The van der Waals surface area contributed by atoms with Gasteiger partial charge in [0.2, 0.25) is 5.91 Å². The first kappa shape index (κ1) is 14.2. The lowest BCUT2D eigenvalue weighted by Crippen LogP contribution is -2.43. The van der Waals surface area contributed by atoms with Crippen LogP contribution in [-0.4, -0.2) is 40.8 Å². The molecule has 0 aliphatic rings. The minimum absolute atomic E-state index is 0.0988. The monoisotopic (exact) mass is 227 g/mol. The number of likely N-dealkylation sites (N-methyl/N-ethyl adjacent to an activating group) is 1. The van der Waals surface area contributed by atoms with Gasteiger partial charge >= 0.3 is 6.18 Å². The Hall–Kier alpha value is -0.780. The van der Waals surface area contributed by atoms with E-state index >= 15 is 0 Å². The van der Waals surface area contributed by atoms with Crippen molar-refractivity contribution >= 4 is 5.91 Å². The molecule has 15 heavy (non-hydrogen) atoms. The second-order valence-corrected chi connectivity index (χ2v) is 4.01. The summed E-state index contributed by atoms with van der Waals surface area (Å²) in [5, 5.41) is 9.39. The summed E-state index contributed by atoms with van der Waals surface area (Å²) in [6, 6.07) is 0. The number of nitrogens with zero attached hydrogens (tertiary/aromatic N) is 1. The Morgan fingerprint density at radius 3 is 2.07 bits per heavy atom. The van der Waals surface area contributed by atoms with Gasteiger partial charge in [0.15, 0.2) is 0 Å². The van der Waals surface area contributed by atoms with Crippen LogP contribution in [0.25, 0.3) is 0 Å². The van der Waals surface area contributed by atoms with Crippen LogP contribution in [0.15, 0.2) is 0 Å². The first-order chi connectivity index (χ1) is 6.55. The molecule has 90 valence electrons. The van der Waals surface area contributed by atoms with Crippen molar-refractivity contribution in [2.75, 3.05) is 13.1 Å². The van der Waals surface area contributed by atoms with Crippen LogP contribution in [0.2, 0.25) is 0 Å². The molecule has 0 fully saturated rings. The van der Waals surface area contributed by atoms with Gasteiger partial charge in [-0.05, 0) is 20.8 Å². The molecule has 0 radical (unpaired) electrons. The molecule has 3 nitrogen and oxygen atoms in total. The van der Waals surface area contributed by atoms with Gasteiger partial charge in [-0.3, -0.25) is 4.79 Å². The zero-order valence-corrected chi connectivity index (χ0v) is 9.06. The van der Waals surface area contributed by atoms with Gasteiger partial charge in [0.05, 0.1) is 5.60 Å². The third kappa shape index (κ3) is 7.18. The standard InChI is InChI=1S/C9H16F3NO2/c1-4-13(6-8(2,3)15)7(14)5-9(10,11)12/h15H,4-6H2,1-3H3. The van der Waals surface area contributed by atoms with Gasteiger partial charge in [0, 0.05) is 13.1 Å². The fourth-order valence-corrected chi connectivity index (χ4v) is 1.13. The maximum Gasteiger partial charge on any atom is 0.397 e. The van der Waals surface area contributed by atoms with Gasteiger partial charge < -0.3 is 10.0 Å². The van der Waals surface area contributed by atoms with Crippen LogP contribution in [0.5, 0.6) is 0 Å². The SMILES string of the molecule is CCN(CC(C)(C)O)C(=O)CC(F)(F)F. The van der Waals surface area contributed by atoms with Crippen LogP contribution in [0.3, 0.4) is 0 Å². The van der Waals surface area contributed by atoms with Crippen molar-refractivity contribution in [1.82, 2.24) is 4.90 Å². The number of rotatable bonds is 4. The second-order valence-electron chi connectivity index (χ2n) is 4.01. The van der Waals surface area contributed by atoms with E-state index in [1.807, 2.05) is 0 Å². The molecule has 0 rings (SSSR count). The number of carbonyl (C=O) groups is 1. The predicted octanol–water partition coefficient (Wildman–Crippen LogP) is 1.56. The number of halogens is 3. The van der Waals surface area contributed by atoms with Crippen molar-refractivity contribution < 1.29 is 23.1 Å². The number of alkyl halides is 3. The molecule has 0 bridgehead atoms. The molecule has 0 aromatic heterocycles. The summed E-state index contributed by atoms with van der Waals surface area (Å²) in [5.74, 6) is -1.01. The molecule has 0 aromatic carbocycles. The third-order valence-electron chi connectivity index (χ3n) is 1.66. The summed E-state index contributed by atoms with van der Waals surface area (Å²) in [7, 11) is 0. The average molecular weight is 227 g/mol. The maximum atomic E-state index is 11.9. The van der Waals surface area contributed by atoms with Gasteiger partial charge in [-0.25, -0.2) is 0 Å². The first-order valence-corrected chi connectivity index (χ1v) is 4.62. The van der Waals surface area contributed by atoms with Crippen LogP contribution >= 0.6 is 0 Å². The van der Waals surface area contributed by atoms with Gasteiger partial charge in [-0.2, -0.15) is 13.2 Å². The Labute approximate surface area is 86.9 Å². The van der Waals surface area contributed by atoms with E-state index in [-0.39, 0.29) is 13.1 Å². The Morgan fingerprint density at radius 1 is 1.33 bits per heavy atom. The molecule has 1 N–H and O–H groups in total. The van der Waals surface area contributed by atoms with E-state index in [0.29, 0.717) is 0 Å². The van der Waals surface area contributed by atoms with Crippen LogP contribution in [0, 0.1) is 0 Å². The van der Waals surface area contributed by atoms with Gasteiger partial charge in [0.1, 0.15) is 6.42 Å². The molecule has 0 aliphatic carbocycles. The minimum Gasteiger partial charge on any atom is -0.389 e. The Bertz CT molecular complexity index is 220. The average Bonchev–Trinajstić information content (AvgIpc) is 1.94. The number of hydrogen-bond acceptors (Lipinski definition) is 2. The molecule has 6 heteroatoms. The zero-order chi connectivity index (χ0) is 12.3. The highest BCUT2D eigenvalue weighted by molar-refractivity contribution is 5.76. The first-order valence-electron chi connectivity index (χ1n) is 4.62. The molecule has 1 amide bonds. The van der Waals surface area contributed by atoms with Crippen molar-refractivity contribution in [1.29, 1.82) is 0 Å². The number of carbonyl (C=O) groups excluding carboxylic acids is 1. The molecule has 0 heterocycles. The molecule has 0 atom stereocenters. The Balaban J connectivity index is 4.36. The van der Waals surface area contributed by atoms with Crippen molar-refractivity contribution in [2.45, 2.75) is 39.0 Å². The zero-order valence-electron chi connectivity index (χ0n) is 9.06. The summed E-state index contributed by atoms with van der Waals surface area (Å²) in [4.78, 5) is 12.2. The molecule has 0 spiro atoms. The number of hydrogen-bond donors (Lipinski definition) is 1. The summed E-state index contributed by atoms with van der Waals surface area (Å²) >= 11 is 0. The maximum absolute atomic E-state index is 11.9. The van der Waals surface area contributed by atoms with E-state index in [0.717, 1.165) is 4.90 Å². The molecule has 0 aromatic rings. The number of aliphatic hydroxyl groups is 1. The summed E-state index contributed by atoms with van der Waals surface area (Å²) in [5.41, 5.74) is -1.18. The smallest absolute Gasteiger partial charge is 0.389 e. The van der Waals surface area contributed by atoms with Crippen LogP contribution < -0.4 is 0 Å². The van der Waals surface area contributed by atoms with E-state index in [2.05, 4.69) is 0 Å². The molecule has 0 saturated carbocycles. The number of amides is 1. The van der Waals surface area contributed by atoms with Crippen LogP contribution in [0.1, 0.15) is 27.2 Å². The van der Waals surface area contributed by atoms with Crippen molar-refractivity contribution in [3.63, 3.8) is 0 Å². The van der Waals surface area contributed by atoms with Gasteiger partial charge in [-0.1, -0.05) is 0 Å². The Morgan fingerprint density at radius 2 is 1.80 bits per heavy atom. The largest absolute Gasteiger partial charge is 0.397 e. The van der Waals surface area contributed by atoms with Gasteiger partial charge in [-0.15, -0.1) is 0 Å². The quantitative estimate of drug-likeness (QED) is 0.791. The third-order valence-corrected chi connectivity index (χ3v) is 1.66. The highest BCUT2D eigenvalue weighted by Gasteiger charge is 2.34. The Kier molecular flexibility index (Phi) is 4.58. The highest BCUT2D eigenvalue weighted by Crippen LogP contribution is 2.21. The van der Waals surface area contributed by atoms with Crippen molar-refractivity contribution in [2.24, 2.45) is 0 Å². The normalized spacial score (nSPS) is 12.7. The molecular weight excluding hydrogens is 211 g/mol. The van der Waals surface area contributed by atoms with E-state index in [4.69, 9.17) is 0 Å². The van der Waals surface area contributed by atoms with E-state index < -0.39 is 24.1 Å².